The van der Waals surface area contributed by atoms with Gasteiger partial charge in [0.1, 0.15) is 0 Å². The molecule has 2 aliphatic rings. The minimum atomic E-state index is 0.362. The van der Waals surface area contributed by atoms with E-state index < -0.39 is 0 Å². The Morgan fingerprint density at radius 1 is 1.43 bits per heavy atom. The monoisotopic (exact) mass is 286 g/mol. The van der Waals surface area contributed by atoms with Crippen LogP contribution in [-0.2, 0) is 11.8 Å². The van der Waals surface area contributed by atoms with Crippen LogP contribution in [0.5, 0.6) is 0 Å². The van der Waals surface area contributed by atoms with Gasteiger partial charge in [-0.15, -0.1) is 0 Å². The van der Waals surface area contributed by atoms with Gasteiger partial charge in [-0.25, -0.2) is 4.98 Å². The lowest BCUT2D eigenvalue weighted by Gasteiger charge is -2.61. The van der Waals surface area contributed by atoms with E-state index in [1.54, 1.807) is 0 Å². The molecule has 112 valence electrons. The molecule has 4 rings (SSSR count). The fourth-order valence-electron chi connectivity index (χ4n) is 4.22. The van der Waals surface area contributed by atoms with Gasteiger partial charge in [0.15, 0.2) is 5.65 Å². The molecule has 2 aliphatic carbocycles. The van der Waals surface area contributed by atoms with Gasteiger partial charge in [0, 0.05) is 37.5 Å². The van der Waals surface area contributed by atoms with Crippen molar-refractivity contribution in [3.05, 3.63) is 18.0 Å². The van der Waals surface area contributed by atoms with E-state index >= 15 is 0 Å². The van der Waals surface area contributed by atoms with Crippen LogP contribution in [0, 0.1) is 12.3 Å². The van der Waals surface area contributed by atoms with E-state index in [0.717, 1.165) is 28.8 Å². The molecule has 0 aliphatic heterocycles. The summed E-state index contributed by atoms with van der Waals surface area (Å²) >= 11 is 0. The van der Waals surface area contributed by atoms with Gasteiger partial charge in [-0.2, -0.15) is 5.10 Å². The Morgan fingerprint density at radius 3 is 2.90 bits per heavy atom. The topological polar surface area (TPSA) is 52.0 Å². The number of pyridine rings is 1. The predicted octanol–water partition coefficient (Wildman–Crippen LogP) is 2.65. The highest BCUT2D eigenvalue weighted by molar-refractivity contribution is 5.91. The molecule has 2 aromatic rings. The maximum atomic E-state index is 5.66. The molecule has 2 saturated carbocycles. The van der Waals surface area contributed by atoms with Gasteiger partial charge >= 0.3 is 0 Å². The van der Waals surface area contributed by atoms with E-state index in [0.29, 0.717) is 17.6 Å². The summed E-state index contributed by atoms with van der Waals surface area (Å²) in [5.41, 5.74) is 3.51. The second kappa shape index (κ2) is 4.44. The van der Waals surface area contributed by atoms with Crippen molar-refractivity contribution in [1.82, 2.24) is 14.8 Å². The van der Waals surface area contributed by atoms with Gasteiger partial charge in [-0.1, -0.05) is 6.42 Å². The third-order valence-corrected chi connectivity index (χ3v) is 5.58. The van der Waals surface area contributed by atoms with Crippen LogP contribution in [0.3, 0.4) is 0 Å². The standard InChI is InChI=1S/C16H22N4O/c1-10-14-11(5-8-17-15(14)20(2)19-10)18-12-9-13(21-3)16(12)6-4-7-16/h5,8,12-13H,4,6-7,9H2,1-3H3,(H,17,18). The minimum Gasteiger partial charge on any atom is -0.381 e. The SMILES string of the molecule is COC1CC(Nc2ccnc3c2c(C)nn3C)C12CCC2. The molecule has 1 spiro atoms. The number of aryl methyl sites for hydroxylation is 2. The number of nitrogens with one attached hydrogen (secondary N) is 1. The molecule has 2 unspecified atom stereocenters. The van der Waals surface area contributed by atoms with E-state index in [1.807, 2.05) is 32.0 Å². The lowest BCUT2D eigenvalue weighted by atomic mass is 9.51. The predicted molar refractivity (Wildman–Crippen MR) is 82.4 cm³/mol. The third-order valence-electron chi connectivity index (χ3n) is 5.58. The molecular formula is C16H22N4O. The van der Waals surface area contributed by atoms with Crippen LogP contribution in [0.2, 0.25) is 0 Å². The summed E-state index contributed by atoms with van der Waals surface area (Å²) in [6, 6.07) is 2.59. The second-order valence-corrected chi connectivity index (χ2v) is 6.51. The molecule has 0 radical (unpaired) electrons. The van der Waals surface area contributed by atoms with Crippen LogP contribution in [0.4, 0.5) is 5.69 Å². The molecule has 2 atom stereocenters. The first-order valence-corrected chi connectivity index (χ1v) is 7.73. The second-order valence-electron chi connectivity index (χ2n) is 6.51. The molecule has 2 heterocycles. The highest BCUT2D eigenvalue weighted by Crippen LogP contribution is 2.58. The fraction of sp³-hybridized carbons (Fsp3) is 0.625. The number of ether oxygens (including phenoxy) is 1. The van der Waals surface area contributed by atoms with Crippen molar-refractivity contribution in [2.75, 3.05) is 12.4 Å². The summed E-state index contributed by atoms with van der Waals surface area (Å²) in [7, 11) is 3.79. The van der Waals surface area contributed by atoms with Gasteiger partial charge in [-0.05, 0) is 32.3 Å². The molecule has 5 nitrogen and oxygen atoms in total. The minimum absolute atomic E-state index is 0.362. The number of hydrogen-bond donors (Lipinski definition) is 1. The normalized spacial score (nSPS) is 26.6. The molecular weight excluding hydrogens is 264 g/mol. The van der Waals surface area contributed by atoms with E-state index in [-0.39, 0.29) is 0 Å². The maximum absolute atomic E-state index is 5.66. The quantitative estimate of drug-likeness (QED) is 0.942. The van der Waals surface area contributed by atoms with Crippen LogP contribution in [0.15, 0.2) is 12.3 Å². The van der Waals surface area contributed by atoms with Gasteiger partial charge in [-0.3, -0.25) is 4.68 Å². The summed E-state index contributed by atoms with van der Waals surface area (Å²) in [5, 5.41) is 9.40. The number of nitrogens with zero attached hydrogens (tertiary/aromatic N) is 3. The molecule has 2 fully saturated rings. The summed E-state index contributed by atoms with van der Waals surface area (Å²) in [5.74, 6) is 0. The van der Waals surface area contributed by atoms with Crippen LogP contribution in [-0.4, -0.2) is 34.0 Å². The third kappa shape index (κ3) is 1.67. The summed E-state index contributed by atoms with van der Waals surface area (Å²) < 4.78 is 7.51. The number of anilines is 1. The van der Waals surface area contributed by atoms with Crippen LogP contribution in [0.1, 0.15) is 31.4 Å². The zero-order chi connectivity index (χ0) is 14.6. The molecule has 5 heteroatoms. The Hall–Kier alpha value is -1.62. The molecule has 21 heavy (non-hydrogen) atoms. The van der Waals surface area contributed by atoms with E-state index in [1.165, 1.54) is 19.3 Å². The molecule has 0 aromatic carbocycles. The van der Waals surface area contributed by atoms with Crippen LogP contribution >= 0.6 is 0 Å². The number of hydrogen-bond acceptors (Lipinski definition) is 4. The Bertz CT molecular complexity index is 689. The first-order chi connectivity index (χ1) is 10.2. The van der Waals surface area contributed by atoms with Gasteiger partial charge < -0.3 is 10.1 Å². The van der Waals surface area contributed by atoms with Gasteiger partial charge in [0.2, 0.25) is 0 Å². The van der Waals surface area contributed by atoms with Crippen molar-refractivity contribution >= 4 is 16.7 Å². The van der Waals surface area contributed by atoms with Crippen molar-refractivity contribution in [3.8, 4) is 0 Å². The molecule has 1 N–H and O–H groups in total. The number of fused-ring (bicyclic) bond motifs is 1. The van der Waals surface area contributed by atoms with E-state index in [9.17, 15) is 0 Å². The van der Waals surface area contributed by atoms with Crippen LogP contribution < -0.4 is 5.32 Å². The van der Waals surface area contributed by atoms with Crippen molar-refractivity contribution in [3.63, 3.8) is 0 Å². The van der Waals surface area contributed by atoms with Crippen LogP contribution in [0.25, 0.3) is 11.0 Å². The zero-order valence-electron chi connectivity index (χ0n) is 12.9. The van der Waals surface area contributed by atoms with Crippen molar-refractivity contribution < 1.29 is 4.74 Å². The maximum Gasteiger partial charge on any atom is 0.159 e. The first-order valence-electron chi connectivity index (χ1n) is 7.73. The summed E-state index contributed by atoms with van der Waals surface area (Å²) in [4.78, 5) is 4.45. The zero-order valence-corrected chi connectivity index (χ0v) is 12.9. The summed E-state index contributed by atoms with van der Waals surface area (Å²) in [6.45, 7) is 2.05. The molecule has 0 bridgehead atoms. The average Bonchev–Trinajstić information content (AvgIpc) is 2.68. The Labute approximate surface area is 124 Å². The number of rotatable bonds is 3. The van der Waals surface area contributed by atoms with Crippen molar-refractivity contribution in [1.29, 1.82) is 0 Å². The lowest BCUT2D eigenvalue weighted by molar-refractivity contribution is -0.145. The molecule has 2 aromatic heterocycles. The fourth-order valence-corrected chi connectivity index (χ4v) is 4.22. The smallest absolute Gasteiger partial charge is 0.159 e. The van der Waals surface area contributed by atoms with Crippen molar-refractivity contribution in [2.45, 2.75) is 44.8 Å². The Balaban J connectivity index is 1.67. The molecule has 0 saturated heterocycles. The van der Waals surface area contributed by atoms with Gasteiger partial charge in [0.05, 0.1) is 17.2 Å². The van der Waals surface area contributed by atoms with Gasteiger partial charge in [0.25, 0.3) is 0 Å². The van der Waals surface area contributed by atoms with Crippen molar-refractivity contribution in [2.24, 2.45) is 12.5 Å². The largest absolute Gasteiger partial charge is 0.381 e. The lowest BCUT2D eigenvalue weighted by Crippen LogP contribution is -2.64. The number of methoxy groups -OCH3 is 1. The van der Waals surface area contributed by atoms with E-state index in [4.69, 9.17) is 4.74 Å². The number of aromatic nitrogens is 3. The first kappa shape index (κ1) is 13.1. The average molecular weight is 286 g/mol. The molecule has 0 amide bonds. The highest BCUT2D eigenvalue weighted by Gasteiger charge is 2.58. The highest BCUT2D eigenvalue weighted by atomic mass is 16.5. The van der Waals surface area contributed by atoms with E-state index in [2.05, 4.69) is 21.5 Å². The Kier molecular flexibility index (Phi) is 2.76. The summed E-state index contributed by atoms with van der Waals surface area (Å²) in [6.07, 6.45) is 7.28. The Morgan fingerprint density at radius 2 is 2.24 bits per heavy atom.